The smallest absolute Gasteiger partial charge is 0.388 e. The maximum absolute atomic E-state index is 12.4. The molecule has 0 saturated heterocycles. The van der Waals surface area contributed by atoms with Crippen LogP contribution in [-0.4, -0.2) is 0 Å². The lowest BCUT2D eigenvalue weighted by Crippen LogP contribution is -2.07. The van der Waals surface area contributed by atoms with E-state index in [0.29, 0.717) is 6.07 Å². The second-order valence-electron chi connectivity index (χ2n) is 2.51. The fourth-order valence-corrected chi connectivity index (χ4v) is 0.972. The Morgan fingerprint density at radius 1 is 1.05 bits per heavy atom. The number of benzene rings is 1. The van der Waals surface area contributed by atoms with Gasteiger partial charge >= 0.3 is 6.18 Å². The average molecular weight is 272 g/mol. The molecule has 0 saturated carbocycles. The molecule has 1 rings (SSSR count). The van der Waals surface area contributed by atoms with E-state index in [-0.39, 0.29) is 5.75 Å². The number of halogens is 3. The first kappa shape index (κ1) is 19.1. The minimum absolute atomic E-state index is 0.246. The van der Waals surface area contributed by atoms with Crippen molar-refractivity contribution >= 4 is 0 Å². The van der Waals surface area contributed by atoms with Crippen LogP contribution in [0.5, 0.6) is 5.75 Å². The van der Waals surface area contributed by atoms with E-state index in [1.807, 2.05) is 27.7 Å². The summed E-state index contributed by atoms with van der Waals surface area (Å²) in [6.45, 7) is 8.00. The van der Waals surface area contributed by atoms with Gasteiger partial charge in [-0.1, -0.05) is 27.7 Å². The maximum atomic E-state index is 12.4. The van der Waals surface area contributed by atoms with Crippen LogP contribution < -0.4 is 4.74 Å². The molecule has 0 heterocycles. The highest BCUT2D eigenvalue weighted by molar-refractivity contribution is 5.44. The van der Waals surface area contributed by atoms with Crippen LogP contribution in [0.15, 0.2) is 18.2 Å². The van der Waals surface area contributed by atoms with Crippen LogP contribution in [0.25, 0.3) is 0 Å². The lowest BCUT2D eigenvalue weighted by atomic mass is 10.1. The predicted octanol–water partition coefficient (Wildman–Crippen LogP) is 4.49. The fraction of sp³-hybridized carbons (Fsp3) is 0.385. The minimum atomic E-state index is -4.64. The molecule has 0 aliphatic heterocycles. The number of ether oxygens (including phenoxy) is 1. The third kappa shape index (κ3) is 6.32. The molecule has 3 nitrogen and oxygen atoms in total. The monoisotopic (exact) mass is 272 g/mol. The Labute approximate surface area is 110 Å². The summed E-state index contributed by atoms with van der Waals surface area (Å²) in [5.74, 6) is -0.246. The van der Waals surface area contributed by atoms with Gasteiger partial charge in [0.1, 0.15) is 5.75 Å². The highest BCUT2D eigenvalue weighted by atomic mass is 19.4. The van der Waals surface area contributed by atoms with Gasteiger partial charge in [0.2, 0.25) is 0 Å². The number of nitrogens with zero attached hydrogens (tertiary/aromatic N) is 2. The van der Waals surface area contributed by atoms with Gasteiger partial charge in [-0.25, -0.2) is 0 Å². The van der Waals surface area contributed by atoms with Gasteiger partial charge in [-0.2, -0.15) is 18.4 Å². The fourth-order valence-electron chi connectivity index (χ4n) is 0.972. The van der Waals surface area contributed by atoms with Crippen molar-refractivity contribution in [3.8, 4) is 18.1 Å². The molecule has 0 amide bonds. The standard InChI is InChI=1S/C9H3F3N2O.2C2H6/c10-9(11,12)8-3-7(15-5-14)2-1-6(8)4-13;2*1-2/h1-3H;2*1-2H3. The summed E-state index contributed by atoms with van der Waals surface area (Å²) in [5, 5.41) is 16.6. The number of rotatable bonds is 1. The molecule has 0 fully saturated rings. The molecule has 0 spiro atoms. The molecule has 0 unspecified atom stereocenters. The lowest BCUT2D eigenvalue weighted by molar-refractivity contribution is -0.137. The first-order valence-corrected chi connectivity index (χ1v) is 5.66. The van der Waals surface area contributed by atoms with Gasteiger partial charge in [0.05, 0.1) is 17.2 Å². The molecule has 0 N–H and O–H groups in total. The van der Waals surface area contributed by atoms with Crippen molar-refractivity contribution in [1.29, 1.82) is 10.5 Å². The molecule has 6 heteroatoms. The van der Waals surface area contributed by atoms with Gasteiger partial charge in [0.15, 0.2) is 0 Å². The first-order chi connectivity index (χ1) is 8.99. The van der Waals surface area contributed by atoms with Crippen molar-refractivity contribution in [2.24, 2.45) is 0 Å². The Hall–Kier alpha value is -2.21. The van der Waals surface area contributed by atoms with Crippen molar-refractivity contribution in [3.63, 3.8) is 0 Å². The van der Waals surface area contributed by atoms with Gasteiger partial charge in [-0.15, -0.1) is 5.26 Å². The summed E-state index contributed by atoms with van der Waals surface area (Å²) < 4.78 is 41.3. The topological polar surface area (TPSA) is 56.8 Å². The van der Waals surface area contributed by atoms with E-state index < -0.39 is 17.3 Å². The van der Waals surface area contributed by atoms with Crippen LogP contribution in [-0.2, 0) is 6.18 Å². The summed E-state index contributed by atoms with van der Waals surface area (Å²) in [6, 6.07) is 4.10. The SMILES string of the molecule is CC.CC.N#COc1ccc(C#N)c(C(F)(F)F)c1. The van der Waals surface area contributed by atoms with E-state index in [4.69, 9.17) is 10.5 Å². The van der Waals surface area contributed by atoms with Gasteiger partial charge in [-0.05, 0) is 18.2 Å². The Balaban J connectivity index is 0. The molecule has 1 aromatic carbocycles. The van der Waals surface area contributed by atoms with E-state index in [2.05, 4.69) is 4.74 Å². The van der Waals surface area contributed by atoms with E-state index in [9.17, 15) is 13.2 Å². The van der Waals surface area contributed by atoms with Gasteiger partial charge in [0, 0.05) is 0 Å². The van der Waals surface area contributed by atoms with Crippen LogP contribution in [0.4, 0.5) is 13.2 Å². The lowest BCUT2D eigenvalue weighted by Gasteiger charge is -2.08. The summed E-state index contributed by atoms with van der Waals surface area (Å²) >= 11 is 0. The molecule has 0 aromatic heterocycles. The van der Waals surface area contributed by atoms with Crippen molar-refractivity contribution in [2.45, 2.75) is 33.9 Å². The van der Waals surface area contributed by atoms with Crippen LogP contribution in [0.3, 0.4) is 0 Å². The second-order valence-corrected chi connectivity index (χ2v) is 2.51. The number of alkyl halides is 3. The van der Waals surface area contributed by atoms with Crippen molar-refractivity contribution in [3.05, 3.63) is 29.3 Å². The van der Waals surface area contributed by atoms with Crippen LogP contribution in [0, 0.1) is 22.8 Å². The van der Waals surface area contributed by atoms with Crippen LogP contribution >= 0.6 is 0 Å². The zero-order valence-electron chi connectivity index (χ0n) is 11.2. The van der Waals surface area contributed by atoms with Crippen LogP contribution in [0.2, 0.25) is 0 Å². The molecular formula is C13H15F3N2O. The molecule has 104 valence electrons. The molecule has 0 atom stereocenters. The maximum Gasteiger partial charge on any atom is 0.417 e. The first-order valence-electron chi connectivity index (χ1n) is 5.66. The molecule has 0 aliphatic rings. The molecule has 0 bridgehead atoms. The summed E-state index contributed by atoms with van der Waals surface area (Å²) in [6.07, 6.45) is -3.39. The number of hydrogen-bond donors (Lipinski definition) is 0. The average Bonchev–Trinajstić information content (AvgIpc) is 2.42. The molecule has 0 radical (unpaired) electrons. The Morgan fingerprint density at radius 3 is 1.95 bits per heavy atom. The Bertz CT molecular complexity index is 456. The highest BCUT2D eigenvalue weighted by Gasteiger charge is 2.34. The van der Waals surface area contributed by atoms with E-state index in [0.717, 1.165) is 12.1 Å². The molecule has 0 aliphatic carbocycles. The zero-order valence-corrected chi connectivity index (χ0v) is 11.2. The summed E-state index contributed by atoms with van der Waals surface area (Å²) in [5.41, 5.74) is -1.62. The predicted molar refractivity (Wildman–Crippen MR) is 65.1 cm³/mol. The second kappa shape index (κ2) is 9.78. The van der Waals surface area contributed by atoms with E-state index in [1.165, 1.54) is 12.3 Å². The van der Waals surface area contributed by atoms with Crippen molar-refractivity contribution < 1.29 is 17.9 Å². The summed E-state index contributed by atoms with van der Waals surface area (Å²) in [4.78, 5) is 0. The van der Waals surface area contributed by atoms with Crippen LogP contribution in [0.1, 0.15) is 38.8 Å². The molecule has 19 heavy (non-hydrogen) atoms. The quantitative estimate of drug-likeness (QED) is 0.708. The van der Waals surface area contributed by atoms with Crippen molar-refractivity contribution in [2.75, 3.05) is 0 Å². The Morgan fingerprint density at radius 2 is 1.58 bits per heavy atom. The third-order valence-electron chi connectivity index (χ3n) is 1.58. The summed E-state index contributed by atoms with van der Waals surface area (Å²) in [7, 11) is 0. The number of hydrogen-bond acceptors (Lipinski definition) is 3. The highest BCUT2D eigenvalue weighted by Crippen LogP contribution is 2.33. The molecule has 1 aromatic rings. The normalized spacial score (nSPS) is 8.68. The van der Waals surface area contributed by atoms with Gasteiger partial charge in [-0.3, -0.25) is 0 Å². The van der Waals surface area contributed by atoms with Gasteiger partial charge in [0.25, 0.3) is 6.26 Å². The largest absolute Gasteiger partial charge is 0.417 e. The number of nitriles is 2. The molecular weight excluding hydrogens is 257 g/mol. The van der Waals surface area contributed by atoms with Crippen molar-refractivity contribution in [1.82, 2.24) is 0 Å². The third-order valence-corrected chi connectivity index (χ3v) is 1.58. The Kier molecular flexibility index (Phi) is 9.85. The van der Waals surface area contributed by atoms with E-state index >= 15 is 0 Å². The zero-order chi connectivity index (χ0) is 15.5. The minimum Gasteiger partial charge on any atom is -0.388 e. The van der Waals surface area contributed by atoms with Gasteiger partial charge < -0.3 is 4.74 Å². The van der Waals surface area contributed by atoms with E-state index in [1.54, 1.807) is 0 Å².